The van der Waals surface area contributed by atoms with Gasteiger partial charge in [0, 0.05) is 11.6 Å². The molecule has 0 fully saturated rings. The van der Waals surface area contributed by atoms with Gasteiger partial charge in [-0.15, -0.1) is 0 Å². The Bertz CT molecular complexity index is 341. The number of hydrogen-bond donors (Lipinski definition) is 1. The number of nitrogens with one attached hydrogen (secondary N) is 1. The van der Waals surface area contributed by atoms with Crippen molar-refractivity contribution in [3.63, 3.8) is 0 Å². The maximum atomic E-state index is 13.8. The van der Waals surface area contributed by atoms with Gasteiger partial charge in [0.2, 0.25) is 0 Å². The molecule has 2 unspecified atom stereocenters. The second-order valence-electron chi connectivity index (χ2n) is 4.23. The van der Waals surface area contributed by atoms with Crippen molar-refractivity contribution in [3.8, 4) is 0 Å². The molecule has 2 atom stereocenters. The average Bonchev–Trinajstić information content (AvgIpc) is 2.29. The molecule has 0 aliphatic rings. The predicted molar refractivity (Wildman–Crippen MR) is 67.3 cm³/mol. The van der Waals surface area contributed by atoms with Gasteiger partial charge in [0.25, 0.3) is 0 Å². The second kappa shape index (κ2) is 6.21. The van der Waals surface area contributed by atoms with Gasteiger partial charge in [0.1, 0.15) is 5.82 Å². The lowest BCUT2D eigenvalue weighted by Gasteiger charge is -2.21. The van der Waals surface area contributed by atoms with Gasteiger partial charge in [-0.1, -0.05) is 44.0 Å². The lowest BCUT2D eigenvalue weighted by atomic mass is 9.94. The van der Waals surface area contributed by atoms with Crippen molar-refractivity contribution in [2.45, 2.75) is 32.7 Å². The summed E-state index contributed by atoms with van der Waals surface area (Å²) in [6.07, 6.45) is 2.02. The van der Waals surface area contributed by atoms with E-state index in [-0.39, 0.29) is 16.9 Å². The summed E-state index contributed by atoms with van der Waals surface area (Å²) in [5.41, 5.74) is 0.662. The number of hydrogen-bond acceptors (Lipinski definition) is 1. The third-order valence-corrected chi connectivity index (χ3v) is 3.33. The first-order valence-corrected chi connectivity index (χ1v) is 6.09. The van der Waals surface area contributed by atoms with E-state index in [1.54, 1.807) is 18.2 Å². The number of rotatable bonds is 5. The first-order chi connectivity index (χ1) is 7.60. The van der Waals surface area contributed by atoms with Crippen molar-refractivity contribution in [2.24, 2.45) is 5.92 Å². The average molecular weight is 244 g/mol. The van der Waals surface area contributed by atoms with Crippen LogP contribution in [0.4, 0.5) is 4.39 Å². The van der Waals surface area contributed by atoms with Gasteiger partial charge in [-0.05, 0) is 25.5 Å². The van der Waals surface area contributed by atoms with Gasteiger partial charge in [0.15, 0.2) is 0 Å². The van der Waals surface area contributed by atoms with E-state index in [1.165, 1.54) is 0 Å². The molecule has 1 nitrogen and oxygen atoms in total. The van der Waals surface area contributed by atoms with E-state index < -0.39 is 0 Å². The summed E-state index contributed by atoms with van der Waals surface area (Å²) in [5, 5.41) is 3.35. The van der Waals surface area contributed by atoms with Crippen LogP contribution in [0, 0.1) is 11.7 Å². The SMILES string of the molecule is CCC(C)CC(NC)c1cccc(Cl)c1F. The lowest BCUT2D eigenvalue weighted by Crippen LogP contribution is -2.20. The Hall–Kier alpha value is -0.600. The zero-order valence-electron chi connectivity index (χ0n) is 10.1. The maximum absolute atomic E-state index is 13.8. The van der Waals surface area contributed by atoms with E-state index in [2.05, 4.69) is 19.2 Å². The summed E-state index contributed by atoms with van der Waals surface area (Å²) < 4.78 is 13.8. The quantitative estimate of drug-likeness (QED) is 0.818. The molecule has 90 valence electrons. The van der Waals surface area contributed by atoms with Gasteiger partial charge >= 0.3 is 0 Å². The smallest absolute Gasteiger partial charge is 0.146 e. The van der Waals surface area contributed by atoms with Crippen molar-refractivity contribution in [2.75, 3.05) is 7.05 Å². The molecule has 16 heavy (non-hydrogen) atoms. The summed E-state index contributed by atoms with van der Waals surface area (Å²) in [5.74, 6) is 0.266. The van der Waals surface area contributed by atoms with Gasteiger partial charge in [-0.3, -0.25) is 0 Å². The van der Waals surface area contributed by atoms with Crippen LogP contribution in [-0.2, 0) is 0 Å². The van der Waals surface area contributed by atoms with Crippen LogP contribution in [0.15, 0.2) is 18.2 Å². The molecule has 0 saturated heterocycles. The molecule has 0 aromatic heterocycles. The predicted octanol–water partition coefficient (Wildman–Crippen LogP) is 4.18. The van der Waals surface area contributed by atoms with Gasteiger partial charge < -0.3 is 5.32 Å². The summed E-state index contributed by atoms with van der Waals surface area (Å²) in [4.78, 5) is 0. The minimum absolute atomic E-state index is 0.0358. The summed E-state index contributed by atoms with van der Waals surface area (Å²) in [6, 6.07) is 5.21. The molecule has 0 aliphatic heterocycles. The Balaban J connectivity index is 2.90. The standard InChI is InChI=1S/C13H19ClFN/c1-4-9(2)8-12(16-3)10-6-5-7-11(14)13(10)15/h5-7,9,12,16H,4,8H2,1-3H3. The van der Waals surface area contributed by atoms with Crippen LogP contribution in [0.5, 0.6) is 0 Å². The Kier molecular flexibility index (Phi) is 5.23. The molecule has 0 radical (unpaired) electrons. The minimum atomic E-state index is -0.299. The molecule has 0 saturated carbocycles. The first kappa shape index (κ1) is 13.5. The van der Waals surface area contributed by atoms with E-state index in [1.807, 2.05) is 7.05 Å². The zero-order valence-corrected chi connectivity index (χ0v) is 10.8. The summed E-state index contributed by atoms with van der Waals surface area (Å²) >= 11 is 5.78. The molecule has 1 aromatic rings. The van der Waals surface area contributed by atoms with E-state index in [0.29, 0.717) is 11.5 Å². The topological polar surface area (TPSA) is 12.0 Å². The highest BCUT2D eigenvalue weighted by molar-refractivity contribution is 6.30. The van der Waals surface area contributed by atoms with Crippen LogP contribution in [0.3, 0.4) is 0 Å². The molecule has 0 aliphatic carbocycles. The molecule has 1 aromatic carbocycles. The van der Waals surface area contributed by atoms with Crippen molar-refractivity contribution in [3.05, 3.63) is 34.6 Å². The molecule has 0 heterocycles. The Morgan fingerprint density at radius 3 is 2.69 bits per heavy atom. The maximum Gasteiger partial charge on any atom is 0.146 e. The second-order valence-corrected chi connectivity index (χ2v) is 4.64. The van der Waals surface area contributed by atoms with Crippen LogP contribution < -0.4 is 5.32 Å². The van der Waals surface area contributed by atoms with Crippen LogP contribution in [-0.4, -0.2) is 7.05 Å². The largest absolute Gasteiger partial charge is 0.313 e. The Labute approximate surface area is 102 Å². The molecular weight excluding hydrogens is 225 g/mol. The minimum Gasteiger partial charge on any atom is -0.313 e. The van der Waals surface area contributed by atoms with Crippen LogP contribution in [0.25, 0.3) is 0 Å². The normalized spacial score (nSPS) is 14.8. The highest BCUT2D eigenvalue weighted by Crippen LogP contribution is 2.28. The fraction of sp³-hybridized carbons (Fsp3) is 0.538. The van der Waals surface area contributed by atoms with Gasteiger partial charge in [-0.25, -0.2) is 4.39 Å². The summed E-state index contributed by atoms with van der Waals surface area (Å²) in [6.45, 7) is 4.32. The van der Waals surface area contributed by atoms with Crippen molar-refractivity contribution >= 4 is 11.6 Å². The number of halogens is 2. The van der Waals surface area contributed by atoms with Crippen LogP contribution >= 0.6 is 11.6 Å². The fourth-order valence-corrected chi connectivity index (χ4v) is 1.94. The Morgan fingerprint density at radius 1 is 1.44 bits per heavy atom. The van der Waals surface area contributed by atoms with E-state index in [0.717, 1.165) is 12.8 Å². The lowest BCUT2D eigenvalue weighted by molar-refractivity contribution is 0.411. The van der Waals surface area contributed by atoms with E-state index >= 15 is 0 Å². The zero-order chi connectivity index (χ0) is 12.1. The van der Waals surface area contributed by atoms with Crippen LogP contribution in [0.2, 0.25) is 5.02 Å². The van der Waals surface area contributed by atoms with Gasteiger partial charge in [0.05, 0.1) is 5.02 Å². The Morgan fingerprint density at radius 2 is 2.12 bits per heavy atom. The molecule has 1 rings (SSSR count). The first-order valence-electron chi connectivity index (χ1n) is 5.71. The highest BCUT2D eigenvalue weighted by Gasteiger charge is 2.17. The van der Waals surface area contributed by atoms with Crippen molar-refractivity contribution in [1.29, 1.82) is 0 Å². The van der Waals surface area contributed by atoms with E-state index in [9.17, 15) is 4.39 Å². The fourth-order valence-electron chi connectivity index (χ4n) is 1.76. The third kappa shape index (κ3) is 3.19. The monoisotopic (exact) mass is 243 g/mol. The molecular formula is C13H19ClFN. The molecule has 0 amide bonds. The van der Waals surface area contributed by atoms with Crippen molar-refractivity contribution < 1.29 is 4.39 Å². The number of benzene rings is 1. The molecule has 0 bridgehead atoms. The highest BCUT2D eigenvalue weighted by atomic mass is 35.5. The van der Waals surface area contributed by atoms with E-state index in [4.69, 9.17) is 11.6 Å². The van der Waals surface area contributed by atoms with Crippen LogP contribution in [0.1, 0.15) is 38.3 Å². The summed E-state index contributed by atoms with van der Waals surface area (Å²) in [7, 11) is 1.85. The van der Waals surface area contributed by atoms with Gasteiger partial charge in [-0.2, -0.15) is 0 Å². The third-order valence-electron chi connectivity index (χ3n) is 3.04. The van der Waals surface area contributed by atoms with Crippen molar-refractivity contribution in [1.82, 2.24) is 5.32 Å². The molecule has 0 spiro atoms. The molecule has 3 heteroatoms. The molecule has 1 N–H and O–H groups in total.